The zero-order valence-electron chi connectivity index (χ0n) is 18.4. The lowest BCUT2D eigenvalue weighted by atomic mass is 9.76. The average Bonchev–Trinajstić information content (AvgIpc) is 3.17. The van der Waals surface area contributed by atoms with E-state index >= 15 is 0 Å². The summed E-state index contributed by atoms with van der Waals surface area (Å²) in [5, 5.41) is 3.32. The molecule has 2 atom stereocenters. The molecule has 0 aliphatic carbocycles. The SMILES string of the molecule is CCC(=O)c1cc(C(=O)CCC[C@H]2CNCCO2)cc2c1OCC2(C)c1ccccc1. The van der Waals surface area contributed by atoms with E-state index in [-0.39, 0.29) is 17.7 Å². The van der Waals surface area contributed by atoms with Crippen molar-refractivity contribution in [2.75, 3.05) is 26.3 Å². The second-order valence-electron chi connectivity index (χ2n) is 8.68. The highest BCUT2D eigenvalue weighted by molar-refractivity contribution is 6.04. The van der Waals surface area contributed by atoms with Crippen LogP contribution in [0.4, 0.5) is 0 Å². The van der Waals surface area contributed by atoms with Gasteiger partial charge >= 0.3 is 0 Å². The lowest BCUT2D eigenvalue weighted by Crippen LogP contribution is -2.38. The van der Waals surface area contributed by atoms with E-state index < -0.39 is 5.41 Å². The monoisotopic (exact) mass is 421 g/mol. The molecule has 31 heavy (non-hydrogen) atoms. The standard InChI is InChI=1S/C26H31NO4/c1-3-23(28)21-14-18(24(29)11-7-10-20-16-27-12-13-30-20)15-22-25(21)31-17-26(22,2)19-8-5-4-6-9-19/h4-6,8-9,14-15,20,27H,3,7,10-13,16-17H2,1-2H3/t20-,26?/m0/s1. The Morgan fingerprint density at radius 2 is 1.97 bits per heavy atom. The topological polar surface area (TPSA) is 64.6 Å². The molecular weight excluding hydrogens is 390 g/mol. The van der Waals surface area contributed by atoms with Gasteiger partial charge in [-0.25, -0.2) is 0 Å². The molecule has 5 nitrogen and oxygen atoms in total. The fourth-order valence-electron chi connectivity index (χ4n) is 4.53. The van der Waals surface area contributed by atoms with Crippen molar-refractivity contribution < 1.29 is 19.1 Å². The number of hydrogen-bond donors (Lipinski definition) is 1. The van der Waals surface area contributed by atoms with Crippen molar-refractivity contribution in [1.82, 2.24) is 5.32 Å². The van der Waals surface area contributed by atoms with E-state index in [1.165, 1.54) is 0 Å². The van der Waals surface area contributed by atoms with Crippen LogP contribution < -0.4 is 10.1 Å². The number of carbonyl (C=O) groups excluding carboxylic acids is 2. The number of carbonyl (C=O) groups is 2. The van der Waals surface area contributed by atoms with E-state index in [0.29, 0.717) is 36.3 Å². The number of ether oxygens (including phenoxy) is 2. The molecule has 2 heterocycles. The van der Waals surface area contributed by atoms with Gasteiger partial charge in [0.1, 0.15) is 12.4 Å². The molecule has 0 spiro atoms. The van der Waals surface area contributed by atoms with E-state index in [4.69, 9.17) is 9.47 Å². The van der Waals surface area contributed by atoms with Crippen molar-refractivity contribution in [1.29, 1.82) is 0 Å². The Morgan fingerprint density at radius 3 is 2.68 bits per heavy atom. The first-order valence-corrected chi connectivity index (χ1v) is 11.3. The van der Waals surface area contributed by atoms with Crippen molar-refractivity contribution in [3.8, 4) is 5.75 Å². The van der Waals surface area contributed by atoms with Crippen LogP contribution in [0.3, 0.4) is 0 Å². The largest absolute Gasteiger partial charge is 0.491 e. The number of Topliss-reactive ketones (excluding diaryl/α,β-unsaturated/α-hetero) is 2. The number of hydrogen-bond acceptors (Lipinski definition) is 5. The minimum Gasteiger partial charge on any atom is -0.491 e. The molecule has 1 fully saturated rings. The van der Waals surface area contributed by atoms with Crippen LogP contribution in [0.5, 0.6) is 5.75 Å². The molecule has 2 aromatic carbocycles. The molecule has 5 heteroatoms. The van der Waals surface area contributed by atoms with Crippen LogP contribution in [0, 0.1) is 0 Å². The van der Waals surface area contributed by atoms with Crippen molar-refractivity contribution in [2.24, 2.45) is 0 Å². The Hall–Kier alpha value is -2.50. The van der Waals surface area contributed by atoms with Gasteiger partial charge in [0.05, 0.1) is 23.7 Å². The zero-order chi connectivity index (χ0) is 21.8. The Bertz CT molecular complexity index is 949. The number of rotatable bonds is 8. The summed E-state index contributed by atoms with van der Waals surface area (Å²) in [6, 6.07) is 13.8. The van der Waals surface area contributed by atoms with E-state index in [2.05, 4.69) is 24.4 Å². The third-order valence-corrected chi connectivity index (χ3v) is 6.48. The predicted molar refractivity (Wildman–Crippen MR) is 120 cm³/mol. The van der Waals surface area contributed by atoms with E-state index in [1.807, 2.05) is 31.2 Å². The van der Waals surface area contributed by atoms with Crippen molar-refractivity contribution in [2.45, 2.75) is 51.0 Å². The van der Waals surface area contributed by atoms with E-state index in [0.717, 1.165) is 43.7 Å². The summed E-state index contributed by atoms with van der Waals surface area (Å²) in [6.07, 6.45) is 2.62. The molecule has 1 unspecified atom stereocenters. The molecule has 0 saturated carbocycles. The third-order valence-electron chi connectivity index (χ3n) is 6.48. The smallest absolute Gasteiger partial charge is 0.166 e. The second kappa shape index (κ2) is 9.33. The molecule has 0 bridgehead atoms. The van der Waals surface area contributed by atoms with E-state index in [1.54, 1.807) is 6.07 Å². The highest BCUT2D eigenvalue weighted by Crippen LogP contribution is 2.46. The molecule has 1 N–H and O–H groups in total. The van der Waals surface area contributed by atoms with Crippen LogP contribution in [0.15, 0.2) is 42.5 Å². The third kappa shape index (κ3) is 4.43. The summed E-state index contributed by atoms with van der Waals surface area (Å²) in [7, 11) is 0. The number of benzene rings is 2. The van der Waals surface area contributed by atoms with Crippen LogP contribution in [0.1, 0.15) is 71.4 Å². The van der Waals surface area contributed by atoms with Crippen molar-refractivity contribution >= 4 is 11.6 Å². The highest BCUT2D eigenvalue weighted by atomic mass is 16.5. The maximum atomic E-state index is 13.1. The van der Waals surface area contributed by atoms with Crippen LogP contribution in [-0.2, 0) is 10.2 Å². The summed E-state index contributed by atoms with van der Waals surface area (Å²) < 4.78 is 11.8. The van der Waals surface area contributed by atoms with Crippen LogP contribution >= 0.6 is 0 Å². The molecule has 164 valence electrons. The Kier molecular flexibility index (Phi) is 6.54. The molecule has 0 aromatic heterocycles. The first kappa shape index (κ1) is 21.7. The van der Waals surface area contributed by atoms with E-state index in [9.17, 15) is 9.59 Å². The number of fused-ring (bicyclic) bond motifs is 1. The molecule has 4 rings (SSSR count). The van der Waals surface area contributed by atoms with Gasteiger partial charge in [0.2, 0.25) is 0 Å². The second-order valence-corrected chi connectivity index (χ2v) is 8.68. The summed E-state index contributed by atoms with van der Waals surface area (Å²) in [5.41, 5.74) is 2.79. The van der Waals surface area contributed by atoms with Gasteiger partial charge in [-0.15, -0.1) is 0 Å². The molecule has 0 amide bonds. The summed E-state index contributed by atoms with van der Waals surface area (Å²) >= 11 is 0. The van der Waals surface area contributed by atoms with Gasteiger partial charge in [-0.3, -0.25) is 9.59 Å². The normalized spacial score (nSPS) is 22.6. The zero-order valence-corrected chi connectivity index (χ0v) is 18.4. The first-order valence-electron chi connectivity index (χ1n) is 11.3. The van der Waals surface area contributed by atoms with Gasteiger partial charge in [0.25, 0.3) is 0 Å². The average molecular weight is 422 g/mol. The summed E-state index contributed by atoms with van der Waals surface area (Å²) in [6.45, 7) is 6.88. The maximum Gasteiger partial charge on any atom is 0.166 e. The lowest BCUT2D eigenvalue weighted by Gasteiger charge is -2.24. The minimum absolute atomic E-state index is 0.00453. The Balaban J connectivity index is 1.61. The van der Waals surface area contributed by atoms with Gasteiger partial charge < -0.3 is 14.8 Å². The quantitative estimate of drug-likeness (QED) is 0.643. The van der Waals surface area contributed by atoms with Crippen LogP contribution in [0.25, 0.3) is 0 Å². The van der Waals surface area contributed by atoms with Crippen LogP contribution in [0.2, 0.25) is 0 Å². The lowest BCUT2D eigenvalue weighted by molar-refractivity contribution is 0.0222. The van der Waals surface area contributed by atoms with Crippen LogP contribution in [-0.4, -0.2) is 44.0 Å². The fraction of sp³-hybridized carbons (Fsp3) is 0.462. The van der Waals surface area contributed by atoms with Gasteiger partial charge in [-0.05, 0) is 37.5 Å². The van der Waals surface area contributed by atoms with Gasteiger partial charge in [0.15, 0.2) is 11.6 Å². The Labute approximate surface area is 184 Å². The summed E-state index contributed by atoms with van der Waals surface area (Å²) in [5.74, 6) is 0.709. The van der Waals surface area contributed by atoms with Crippen molar-refractivity contribution in [3.63, 3.8) is 0 Å². The van der Waals surface area contributed by atoms with Crippen molar-refractivity contribution in [3.05, 3.63) is 64.7 Å². The molecular formula is C26H31NO4. The highest BCUT2D eigenvalue weighted by Gasteiger charge is 2.40. The molecule has 2 aliphatic heterocycles. The predicted octanol–water partition coefficient (Wildman–Crippen LogP) is 4.32. The fourth-order valence-corrected chi connectivity index (χ4v) is 4.53. The van der Waals surface area contributed by atoms with Gasteiger partial charge in [-0.2, -0.15) is 0 Å². The van der Waals surface area contributed by atoms with Gasteiger partial charge in [-0.1, -0.05) is 37.3 Å². The number of nitrogens with one attached hydrogen (secondary N) is 1. The Morgan fingerprint density at radius 1 is 1.16 bits per heavy atom. The maximum absolute atomic E-state index is 13.1. The van der Waals surface area contributed by atoms with Gasteiger partial charge in [0, 0.05) is 37.1 Å². The molecule has 1 saturated heterocycles. The number of morpholine rings is 1. The molecule has 2 aromatic rings. The molecule has 2 aliphatic rings. The first-order chi connectivity index (χ1) is 15.0. The summed E-state index contributed by atoms with van der Waals surface area (Å²) in [4.78, 5) is 25.8. The minimum atomic E-state index is -0.392. The molecule has 0 radical (unpaired) electrons. The number of ketones is 2.